The van der Waals surface area contributed by atoms with Crippen molar-refractivity contribution in [2.45, 2.75) is 51.7 Å². The van der Waals surface area contributed by atoms with Gasteiger partial charge in [-0.2, -0.15) is 0 Å². The molecule has 0 radical (unpaired) electrons. The van der Waals surface area contributed by atoms with Crippen molar-refractivity contribution >= 4 is 6.08 Å². The van der Waals surface area contributed by atoms with Gasteiger partial charge in [-0.15, -0.1) is 0 Å². The zero-order chi connectivity index (χ0) is 15.0. The number of hydrogen-bond donors (Lipinski definition) is 2. The minimum absolute atomic E-state index is 0.395. The summed E-state index contributed by atoms with van der Waals surface area (Å²) in [6, 6.07) is 0. The van der Waals surface area contributed by atoms with E-state index in [-0.39, 0.29) is 0 Å². The van der Waals surface area contributed by atoms with Gasteiger partial charge in [-0.05, 0) is 52.1 Å². The van der Waals surface area contributed by atoms with Gasteiger partial charge in [0, 0.05) is 30.2 Å². The number of rotatable bonds is 3. The average Bonchev–Trinajstić information content (AvgIpc) is 2.80. The van der Waals surface area contributed by atoms with Gasteiger partial charge in [0.1, 0.15) is 5.76 Å². The lowest BCUT2D eigenvalue weighted by atomic mass is 9.83. The molecule has 116 valence electrons. The van der Waals surface area contributed by atoms with Crippen LogP contribution in [0.1, 0.15) is 50.0 Å². The van der Waals surface area contributed by atoms with E-state index >= 15 is 0 Å². The van der Waals surface area contributed by atoms with Crippen molar-refractivity contribution in [3.63, 3.8) is 0 Å². The Morgan fingerprint density at radius 2 is 2.00 bits per heavy atom. The highest BCUT2D eigenvalue weighted by Gasteiger charge is 2.31. The molecule has 2 N–H and O–H groups in total. The SMILES string of the molecule is CC(C)(O)C1CCN(Cc2coc3c2CCC(O)=C3)CC1. The Hall–Kier alpha value is -1.26. The number of aliphatic hydroxyl groups excluding tert-OH is 1. The Morgan fingerprint density at radius 1 is 1.29 bits per heavy atom. The minimum Gasteiger partial charge on any atom is -0.512 e. The first kappa shape index (κ1) is 14.7. The molecular formula is C17H25NO3. The Balaban J connectivity index is 1.62. The van der Waals surface area contributed by atoms with E-state index in [0.717, 1.165) is 44.7 Å². The third-order valence-electron chi connectivity index (χ3n) is 4.92. The fourth-order valence-corrected chi connectivity index (χ4v) is 3.49. The number of piperidine rings is 1. The molecule has 0 spiro atoms. The molecule has 0 aromatic carbocycles. The summed E-state index contributed by atoms with van der Waals surface area (Å²) in [6.07, 6.45) is 7.24. The molecule has 0 saturated carbocycles. The predicted molar refractivity (Wildman–Crippen MR) is 81.9 cm³/mol. The molecule has 21 heavy (non-hydrogen) atoms. The number of aliphatic hydroxyl groups is 2. The third-order valence-corrected chi connectivity index (χ3v) is 4.92. The maximum absolute atomic E-state index is 10.1. The first-order chi connectivity index (χ1) is 9.93. The van der Waals surface area contributed by atoms with Crippen LogP contribution in [0.5, 0.6) is 0 Å². The van der Waals surface area contributed by atoms with Crippen LogP contribution in [-0.4, -0.2) is 33.8 Å². The fourth-order valence-electron chi connectivity index (χ4n) is 3.49. The fraction of sp³-hybridized carbons (Fsp3) is 0.647. The van der Waals surface area contributed by atoms with Crippen LogP contribution in [0.4, 0.5) is 0 Å². The van der Waals surface area contributed by atoms with E-state index in [9.17, 15) is 10.2 Å². The second kappa shape index (κ2) is 5.50. The van der Waals surface area contributed by atoms with Crippen LogP contribution in [0.3, 0.4) is 0 Å². The predicted octanol–water partition coefficient (Wildman–Crippen LogP) is 3.11. The molecule has 1 aliphatic heterocycles. The van der Waals surface area contributed by atoms with E-state index in [0.29, 0.717) is 18.1 Å². The van der Waals surface area contributed by atoms with Crippen molar-refractivity contribution in [3.05, 3.63) is 28.9 Å². The van der Waals surface area contributed by atoms with E-state index in [2.05, 4.69) is 4.90 Å². The molecule has 0 atom stereocenters. The Labute approximate surface area is 126 Å². The molecule has 1 saturated heterocycles. The number of likely N-dealkylation sites (tertiary alicyclic amines) is 1. The molecule has 0 bridgehead atoms. The minimum atomic E-state index is -0.566. The van der Waals surface area contributed by atoms with Crippen LogP contribution in [0.2, 0.25) is 0 Å². The molecule has 0 amide bonds. The maximum atomic E-state index is 10.1. The Kier molecular flexibility index (Phi) is 3.84. The summed E-state index contributed by atoms with van der Waals surface area (Å²) in [7, 11) is 0. The van der Waals surface area contributed by atoms with Crippen LogP contribution in [-0.2, 0) is 13.0 Å². The molecule has 3 rings (SSSR count). The smallest absolute Gasteiger partial charge is 0.133 e. The first-order valence-electron chi connectivity index (χ1n) is 7.87. The van der Waals surface area contributed by atoms with Crippen molar-refractivity contribution in [1.82, 2.24) is 4.90 Å². The summed E-state index contributed by atoms with van der Waals surface area (Å²) >= 11 is 0. The summed E-state index contributed by atoms with van der Waals surface area (Å²) < 4.78 is 5.57. The van der Waals surface area contributed by atoms with Crippen LogP contribution in [0.15, 0.2) is 16.4 Å². The summed E-state index contributed by atoms with van der Waals surface area (Å²) in [5.74, 6) is 1.63. The van der Waals surface area contributed by atoms with E-state index in [1.807, 2.05) is 20.1 Å². The van der Waals surface area contributed by atoms with E-state index < -0.39 is 5.60 Å². The van der Waals surface area contributed by atoms with Gasteiger partial charge < -0.3 is 14.6 Å². The van der Waals surface area contributed by atoms with Gasteiger partial charge in [0.25, 0.3) is 0 Å². The molecular weight excluding hydrogens is 266 g/mol. The number of hydrogen-bond acceptors (Lipinski definition) is 4. The van der Waals surface area contributed by atoms with Gasteiger partial charge in [0.15, 0.2) is 0 Å². The second-order valence-electron chi connectivity index (χ2n) is 6.94. The molecule has 2 aliphatic rings. The van der Waals surface area contributed by atoms with E-state index in [1.54, 1.807) is 6.08 Å². The second-order valence-corrected chi connectivity index (χ2v) is 6.94. The highest BCUT2D eigenvalue weighted by Crippen LogP contribution is 2.31. The molecule has 1 aromatic heterocycles. The third kappa shape index (κ3) is 3.16. The number of fused-ring (bicyclic) bond motifs is 1. The van der Waals surface area contributed by atoms with Crippen molar-refractivity contribution < 1.29 is 14.6 Å². The summed E-state index contributed by atoms with van der Waals surface area (Å²) in [5, 5.41) is 19.7. The van der Waals surface area contributed by atoms with Crippen molar-refractivity contribution in [1.29, 1.82) is 0 Å². The van der Waals surface area contributed by atoms with Crippen LogP contribution < -0.4 is 0 Å². The molecule has 4 heteroatoms. The number of furan rings is 1. The van der Waals surface area contributed by atoms with Gasteiger partial charge in [-0.25, -0.2) is 0 Å². The molecule has 1 aromatic rings. The topological polar surface area (TPSA) is 56.8 Å². The summed E-state index contributed by atoms with van der Waals surface area (Å²) in [6.45, 7) is 6.79. The zero-order valence-corrected chi connectivity index (χ0v) is 12.9. The molecule has 1 aliphatic carbocycles. The van der Waals surface area contributed by atoms with Crippen molar-refractivity contribution in [2.75, 3.05) is 13.1 Å². The lowest BCUT2D eigenvalue weighted by molar-refractivity contribution is -0.0136. The van der Waals surface area contributed by atoms with Gasteiger partial charge in [0.2, 0.25) is 0 Å². The Morgan fingerprint density at radius 3 is 2.67 bits per heavy atom. The van der Waals surface area contributed by atoms with E-state index in [4.69, 9.17) is 4.42 Å². The van der Waals surface area contributed by atoms with Crippen LogP contribution >= 0.6 is 0 Å². The highest BCUT2D eigenvalue weighted by molar-refractivity contribution is 5.54. The van der Waals surface area contributed by atoms with E-state index in [1.165, 1.54) is 11.1 Å². The van der Waals surface area contributed by atoms with Crippen LogP contribution in [0.25, 0.3) is 6.08 Å². The molecule has 4 nitrogen and oxygen atoms in total. The van der Waals surface area contributed by atoms with Crippen molar-refractivity contribution in [2.24, 2.45) is 5.92 Å². The largest absolute Gasteiger partial charge is 0.512 e. The molecule has 0 unspecified atom stereocenters. The summed E-state index contributed by atoms with van der Waals surface area (Å²) in [4.78, 5) is 2.44. The van der Waals surface area contributed by atoms with Gasteiger partial charge >= 0.3 is 0 Å². The van der Waals surface area contributed by atoms with Gasteiger partial charge in [-0.1, -0.05) is 0 Å². The van der Waals surface area contributed by atoms with Crippen LogP contribution in [0, 0.1) is 5.92 Å². The van der Waals surface area contributed by atoms with Gasteiger partial charge in [-0.3, -0.25) is 4.90 Å². The van der Waals surface area contributed by atoms with Crippen molar-refractivity contribution in [3.8, 4) is 0 Å². The lowest BCUT2D eigenvalue weighted by Crippen LogP contribution is -2.41. The standard InChI is InChI=1S/C17H25NO3/c1-17(2,20)13-5-7-18(8-6-13)10-12-11-21-16-9-14(19)3-4-15(12)16/h9,11,13,19-20H,3-8,10H2,1-2H3. The molecule has 2 heterocycles. The normalized spacial score (nSPS) is 21.2. The Bertz CT molecular complexity index is 531. The highest BCUT2D eigenvalue weighted by atomic mass is 16.3. The maximum Gasteiger partial charge on any atom is 0.133 e. The summed E-state index contributed by atoms with van der Waals surface area (Å²) in [5.41, 5.74) is 1.93. The first-order valence-corrected chi connectivity index (χ1v) is 7.87. The lowest BCUT2D eigenvalue weighted by Gasteiger charge is -2.37. The zero-order valence-electron chi connectivity index (χ0n) is 12.9. The average molecular weight is 291 g/mol. The monoisotopic (exact) mass is 291 g/mol. The molecule has 1 fully saturated rings. The number of allylic oxidation sites excluding steroid dienone is 1. The van der Waals surface area contributed by atoms with Gasteiger partial charge in [0.05, 0.1) is 17.6 Å². The number of nitrogens with zero attached hydrogens (tertiary/aromatic N) is 1. The quantitative estimate of drug-likeness (QED) is 0.898.